The number of nitrogens with zero attached hydrogens (tertiary/aromatic N) is 3. The van der Waals surface area contributed by atoms with Crippen molar-refractivity contribution in [2.45, 2.75) is 6.54 Å². The number of benzene rings is 1. The Kier molecular flexibility index (Phi) is 4.43. The quantitative estimate of drug-likeness (QED) is 0.659. The number of rotatable bonds is 3. The maximum Gasteiger partial charge on any atom is 0.414 e. The van der Waals surface area contributed by atoms with E-state index in [1.54, 1.807) is 4.90 Å². The second-order valence-electron chi connectivity index (χ2n) is 5.21. The summed E-state index contributed by atoms with van der Waals surface area (Å²) in [5.74, 6) is 0.551. The van der Waals surface area contributed by atoms with Crippen molar-refractivity contribution in [2.75, 3.05) is 44.4 Å². The van der Waals surface area contributed by atoms with Crippen LogP contribution in [0.5, 0.6) is 0 Å². The fraction of sp³-hybridized carbons (Fsp3) is 0.467. The predicted molar refractivity (Wildman–Crippen MR) is 82.9 cm³/mol. The molecule has 0 bridgehead atoms. The molecule has 1 aromatic rings. The van der Waals surface area contributed by atoms with Crippen LogP contribution in [-0.2, 0) is 16.0 Å². The van der Waals surface area contributed by atoms with Crippen molar-refractivity contribution in [3.8, 4) is 0 Å². The van der Waals surface area contributed by atoms with Crippen molar-refractivity contribution in [3.63, 3.8) is 0 Å². The molecule has 2 fully saturated rings. The van der Waals surface area contributed by atoms with Crippen LogP contribution in [0.1, 0.15) is 5.56 Å². The van der Waals surface area contributed by atoms with Gasteiger partial charge in [0.05, 0.1) is 26.3 Å². The van der Waals surface area contributed by atoms with Crippen LogP contribution >= 0.6 is 0 Å². The SMILES string of the molecule is NC(=NCc1ccc(N2CCOC2=O)cc1)N1CCOCC1. The van der Waals surface area contributed by atoms with Gasteiger partial charge in [0.15, 0.2) is 5.96 Å². The maximum atomic E-state index is 11.5. The topological polar surface area (TPSA) is 80.4 Å². The average molecular weight is 304 g/mol. The standard InChI is InChI=1S/C15H20N4O3/c16-14(18-5-8-21-9-6-18)17-11-12-1-3-13(4-2-12)19-7-10-22-15(19)20/h1-4H,5-11H2,(H2,16,17). The number of guanidine groups is 1. The van der Waals surface area contributed by atoms with Gasteiger partial charge in [0, 0.05) is 18.8 Å². The zero-order valence-corrected chi connectivity index (χ0v) is 12.4. The highest BCUT2D eigenvalue weighted by molar-refractivity contribution is 5.89. The van der Waals surface area contributed by atoms with Crippen molar-refractivity contribution < 1.29 is 14.3 Å². The lowest BCUT2D eigenvalue weighted by Crippen LogP contribution is -2.44. The number of aliphatic imine (C=N–C) groups is 1. The first-order chi connectivity index (χ1) is 10.7. The Labute approximate surface area is 129 Å². The molecule has 2 saturated heterocycles. The van der Waals surface area contributed by atoms with Crippen LogP contribution in [0.25, 0.3) is 0 Å². The number of carbonyl (C=O) groups excluding carboxylic acids is 1. The van der Waals surface area contributed by atoms with Crippen LogP contribution in [0.2, 0.25) is 0 Å². The maximum absolute atomic E-state index is 11.5. The van der Waals surface area contributed by atoms with Crippen molar-refractivity contribution in [1.82, 2.24) is 4.90 Å². The number of amides is 1. The molecule has 2 N–H and O–H groups in total. The Balaban J connectivity index is 1.59. The summed E-state index contributed by atoms with van der Waals surface area (Å²) >= 11 is 0. The van der Waals surface area contributed by atoms with Gasteiger partial charge in [-0.3, -0.25) is 4.90 Å². The van der Waals surface area contributed by atoms with Crippen LogP contribution in [-0.4, -0.2) is 56.4 Å². The lowest BCUT2D eigenvalue weighted by atomic mass is 10.2. The van der Waals surface area contributed by atoms with E-state index >= 15 is 0 Å². The van der Waals surface area contributed by atoms with Crippen molar-refractivity contribution in [2.24, 2.45) is 10.7 Å². The van der Waals surface area contributed by atoms with Crippen molar-refractivity contribution >= 4 is 17.7 Å². The molecule has 118 valence electrons. The van der Waals surface area contributed by atoms with E-state index in [4.69, 9.17) is 15.2 Å². The largest absolute Gasteiger partial charge is 0.447 e. The molecule has 0 aliphatic carbocycles. The molecule has 0 unspecified atom stereocenters. The molecule has 0 spiro atoms. The van der Waals surface area contributed by atoms with Gasteiger partial charge in [-0.05, 0) is 17.7 Å². The number of cyclic esters (lactones) is 1. The van der Waals surface area contributed by atoms with E-state index in [1.807, 2.05) is 29.2 Å². The van der Waals surface area contributed by atoms with E-state index in [-0.39, 0.29) is 6.09 Å². The number of anilines is 1. The Bertz CT molecular complexity index is 552. The lowest BCUT2D eigenvalue weighted by Gasteiger charge is -2.27. The molecular formula is C15H20N4O3. The second kappa shape index (κ2) is 6.65. The van der Waals surface area contributed by atoms with Crippen LogP contribution in [0.3, 0.4) is 0 Å². The number of carbonyl (C=O) groups is 1. The fourth-order valence-corrected chi connectivity index (χ4v) is 2.47. The minimum atomic E-state index is -0.290. The van der Waals surface area contributed by atoms with Crippen LogP contribution in [0, 0.1) is 0 Å². The third kappa shape index (κ3) is 3.30. The molecule has 1 amide bonds. The summed E-state index contributed by atoms with van der Waals surface area (Å²) in [6.45, 7) is 4.51. The van der Waals surface area contributed by atoms with Crippen LogP contribution < -0.4 is 10.6 Å². The van der Waals surface area contributed by atoms with E-state index < -0.39 is 0 Å². The summed E-state index contributed by atoms with van der Waals surface area (Å²) < 4.78 is 10.2. The van der Waals surface area contributed by atoms with E-state index in [0.717, 1.165) is 24.3 Å². The summed E-state index contributed by atoms with van der Waals surface area (Å²) in [6.07, 6.45) is -0.290. The number of hydrogen-bond acceptors (Lipinski definition) is 4. The van der Waals surface area contributed by atoms with Gasteiger partial charge < -0.3 is 20.1 Å². The molecule has 0 saturated carbocycles. The minimum Gasteiger partial charge on any atom is -0.447 e. The molecule has 2 heterocycles. The van der Waals surface area contributed by atoms with Gasteiger partial charge in [-0.15, -0.1) is 0 Å². The zero-order chi connectivity index (χ0) is 15.4. The van der Waals surface area contributed by atoms with Gasteiger partial charge >= 0.3 is 6.09 Å². The van der Waals surface area contributed by atoms with Gasteiger partial charge in [0.2, 0.25) is 0 Å². The molecule has 2 aliphatic heterocycles. The third-order valence-electron chi connectivity index (χ3n) is 3.77. The molecule has 0 aromatic heterocycles. The highest BCUT2D eigenvalue weighted by Crippen LogP contribution is 2.19. The van der Waals surface area contributed by atoms with Gasteiger partial charge in [-0.2, -0.15) is 0 Å². The van der Waals surface area contributed by atoms with Crippen molar-refractivity contribution in [3.05, 3.63) is 29.8 Å². The minimum absolute atomic E-state index is 0.290. The summed E-state index contributed by atoms with van der Waals surface area (Å²) in [4.78, 5) is 19.6. The predicted octanol–water partition coefficient (Wildman–Crippen LogP) is 0.790. The first-order valence-corrected chi connectivity index (χ1v) is 7.40. The van der Waals surface area contributed by atoms with Crippen LogP contribution in [0.15, 0.2) is 29.3 Å². The number of nitrogens with two attached hydrogens (primary N) is 1. The Morgan fingerprint density at radius 2 is 1.86 bits per heavy atom. The zero-order valence-electron chi connectivity index (χ0n) is 12.4. The summed E-state index contributed by atoms with van der Waals surface area (Å²) in [6, 6.07) is 7.72. The second-order valence-corrected chi connectivity index (χ2v) is 5.21. The normalized spacial score (nSPS) is 19.5. The summed E-state index contributed by atoms with van der Waals surface area (Å²) in [7, 11) is 0. The molecule has 0 atom stereocenters. The molecule has 3 rings (SSSR count). The lowest BCUT2D eigenvalue weighted by molar-refractivity contribution is 0.0674. The van der Waals surface area contributed by atoms with E-state index in [2.05, 4.69) is 4.99 Å². The molecule has 1 aromatic carbocycles. The highest BCUT2D eigenvalue weighted by atomic mass is 16.6. The van der Waals surface area contributed by atoms with Gasteiger partial charge in [0.1, 0.15) is 6.61 Å². The first kappa shape index (κ1) is 14.6. The molecular weight excluding hydrogens is 284 g/mol. The highest BCUT2D eigenvalue weighted by Gasteiger charge is 2.23. The number of morpholine rings is 1. The molecule has 22 heavy (non-hydrogen) atoms. The summed E-state index contributed by atoms with van der Waals surface area (Å²) in [5, 5.41) is 0. The fourth-order valence-electron chi connectivity index (χ4n) is 2.47. The summed E-state index contributed by atoms with van der Waals surface area (Å²) in [5.41, 5.74) is 7.89. The van der Waals surface area contributed by atoms with E-state index in [0.29, 0.717) is 38.9 Å². The molecule has 0 radical (unpaired) electrons. The third-order valence-corrected chi connectivity index (χ3v) is 3.77. The number of ether oxygens (including phenoxy) is 2. The number of hydrogen-bond donors (Lipinski definition) is 1. The molecule has 7 heteroatoms. The van der Waals surface area contributed by atoms with Gasteiger partial charge in [-0.1, -0.05) is 12.1 Å². The average Bonchev–Trinajstić information content (AvgIpc) is 3.00. The van der Waals surface area contributed by atoms with Gasteiger partial charge in [-0.25, -0.2) is 9.79 Å². The first-order valence-electron chi connectivity index (χ1n) is 7.40. The van der Waals surface area contributed by atoms with E-state index in [9.17, 15) is 4.79 Å². The van der Waals surface area contributed by atoms with E-state index in [1.165, 1.54) is 0 Å². The molecule has 7 nitrogen and oxygen atoms in total. The molecule has 2 aliphatic rings. The smallest absolute Gasteiger partial charge is 0.414 e. The Morgan fingerprint density at radius 3 is 2.50 bits per heavy atom. The Morgan fingerprint density at radius 1 is 1.14 bits per heavy atom. The van der Waals surface area contributed by atoms with Crippen LogP contribution in [0.4, 0.5) is 10.5 Å². The van der Waals surface area contributed by atoms with Gasteiger partial charge in [0.25, 0.3) is 0 Å². The monoisotopic (exact) mass is 304 g/mol. The Hall–Kier alpha value is -2.28. The van der Waals surface area contributed by atoms with Crippen molar-refractivity contribution in [1.29, 1.82) is 0 Å².